The van der Waals surface area contributed by atoms with Crippen LogP contribution in [-0.4, -0.2) is 12.4 Å². The van der Waals surface area contributed by atoms with E-state index in [1.54, 1.807) is 0 Å². The van der Waals surface area contributed by atoms with Crippen molar-refractivity contribution in [1.29, 1.82) is 0 Å². The second-order valence-electron chi connectivity index (χ2n) is 4.81. The number of hydrogen-bond donors (Lipinski definition) is 1. The van der Waals surface area contributed by atoms with Crippen LogP contribution in [0.2, 0.25) is 0 Å². The largest absolute Gasteiger partial charge is 0.494 e. The third-order valence-electron chi connectivity index (χ3n) is 2.93. The Morgan fingerprint density at radius 2 is 1.94 bits per heavy atom. The summed E-state index contributed by atoms with van der Waals surface area (Å²) < 4.78 is 5.74. The lowest BCUT2D eigenvalue weighted by Gasteiger charge is -2.12. The fourth-order valence-electron chi connectivity index (χ4n) is 1.97. The molecule has 17 heavy (non-hydrogen) atoms. The predicted octanol–water partition coefficient (Wildman–Crippen LogP) is 4.60. The summed E-state index contributed by atoms with van der Waals surface area (Å²) in [6.07, 6.45) is 3.50. The van der Waals surface area contributed by atoms with Crippen molar-refractivity contribution in [3.05, 3.63) is 29.3 Å². The molecule has 0 unspecified atom stereocenters. The third-order valence-corrected chi connectivity index (χ3v) is 3.25. The van der Waals surface area contributed by atoms with E-state index >= 15 is 0 Å². The summed E-state index contributed by atoms with van der Waals surface area (Å²) in [5.41, 5.74) is 2.74. The van der Waals surface area contributed by atoms with Crippen LogP contribution in [0.3, 0.4) is 0 Å². The molecule has 0 heterocycles. The van der Waals surface area contributed by atoms with Crippen molar-refractivity contribution in [1.82, 2.24) is 0 Å². The van der Waals surface area contributed by atoms with Crippen LogP contribution in [0.4, 0.5) is 0 Å². The molecule has 96 valence electrons. The van der Waals surface area contributed by atoms with Crippen LogP contribution in [-0.2, 0) is 0 Å². The van der Waals surface area contributed by atoms with Gasteiger partial charge in [0.1, 0.15) is 5.75 Å². The smallest absolute Gasteiger partial charge is 0.119 e. The van der Waals surface area contributed by atoms with Gasteiger partial charge in [-0.1, -0.05) is 19.9 Å². The van der Waals surface area contributed by atoms with E-state index in [1.165, 1.54) is 24.0 Å². The fraction of sp³-hybridized carbons (Fsp3) is 0.600. The molecular formula is C15H24OS. The number of rotatable bonds is 7. The normalized spacial score (nSPS) is 10.9. The highest BCUT2D eigenvalue weighted by Crippen LogP contribution is 2.23. The van der Waals surface area contributed by atoms with E-state index < -0.39 is 0 Å². The summed E-state index contributed by atoms with van der Waals surface area (Å²) >= 11 is 4.20. The summed E-state index contributed by atoms with van der Waals surface area (Å²) in [6.45, 7) is 7.41. The summed E-state index contributed by atoms with van der Waals surface area (Å²) in [5, 5.41) is 0. The molecule has 0 atom stereocenters. The maximum atomic E-state index is 5.74. The lowest BCUT2D eigenvalue weighted by molar-refractivity contribution is 0.306. The average Bonchev–Trinajstić information content (AvgIpc) is 2.28. The van der Waals surface area contributed by atoms with Crippen LogP contribution in [0.1, 0.15) is 50.2 Å². The van der Waals surface area contributed by atoms with Gasteiger partial charge in [0.2, 0.25) is 0 Å². The predicted molar refractivity (Wildman–Crippen MR) is 78.5 cm³/mol. The maximum Gasteiger partial charge on any atom is 0.119 e. The molecule has 0 fully saturated rings. The molecule has 0 aromatic heterocycles. The molecule has 0 amide bonds. The Balaban J connectivity index is 2.42. The standard InChI is InChI=1S/C15H24OS/c1-12(2)15-8-7-14(11-13(15)3)16-9-5-4-6-10-17/h7-8,11-12,17H,4-6,9-10H2,1-3H3. The highest BCUT2D eigenvalue weighted by molar-refractivity contribution is 7.80. The molecular weight excluding hydrogens is 228 g/mol. The van der Waals surface area contributed by atoms with Crippen molar-refractivity contribution in [2.45, 2.75) is 46.0 Å². The van der Waals surface area contributed by atoms with Gasteiger partial charge in [-0.15, -0.1) is 0 Å². The zero-order chi connectivity index (χ0) is 12.7. The zero-order valence-electron chi connectivity index (χ0n) is 11.2. The summed E-state index contributed by atoms with van der Waals surface area (Å²) in [7, 11) is 0. The van der Waals surface area contributed by atoms with Gasteiger partial charge in [-0.25, -0.2) is 0 Å². The second kappa shape index (κ2) is 7.65. The van der Waals surface area contributed by atoms with Crippen molar-refractivity contribution < 1.29 is 4.74 Å². The van der Waals surface area contributed by atoms with Gasteiger partial charge in [-0.3, -0.25) is 0 Å². The van der Waals surface area contributed by atoms with E-state index in [4.69, 9.17) is 4.74 Å². The minimum Gasteiger partial charge on any atom is -0.494 e. The highest BCUT2D eigenvalue weighted by Gasteiger charge is 2.04. The van der Waals surface area contributed by atoms with Gasteiger partial charge in [-0.05, 0) is 61.1 Å². The molecule has 0 spiro atoms. The third kappa shape index (κ3) is 5.03. The minimum absolute atomic E-state index is 0.583. The molecule has 1 nitrogen and oxygen atoms in total. The molecule has 1 rings (SSSR count). The van der Waals surface area contributed by atoms with Gasteiger partial charge in [0.05, 0.1) is 6.61 Å². The van der Waals surface area contributed by atoms with Crippen LogP contribution >= 0.6 is 12.6 Å². The first-order valence-electron chi connectivity index (χ1n) is 6.49. The van der Waals surface area contributed by atoms with Gasteiger partial charge in [0, 0.05) is 0 Å². The van der Waals surface area contributed by atoms with E-state index in [9.17, 15) is 0 Å². The van der Waals surface area contributed by atoms with Crippen molar-refractivity contribution in [3.63, 3.8) is 0 Å². The summed E-state index contributed by atoms with van der Waals surface area (Å²) in [4.78, 5) is 0. The van der Waals surface area contributed by atoms with E-state index in [1.807, 2.05) is 0 Å². The number of aryl methyl sites for hydroxylation is 1. The molecule has 0 saturated heterocycles. The molecule has 0 radical (unpaired) electrons. The molecule has 0 saturated carbocycles. The van der Waals surface area contributed by atoms with Crippen LogP contribution < -0.4 is 4.74 Å². The number of thiol groups is 1. The van der Waals surface area contributed by atoms with Gasteiger partial charge in [0.25, 0.3) is 0 Å². The first-order chi connectivity index (χ1) is 8.15. The summed E-state index contributed by atoms with van der Waals surface area (Å²) in [6, 6.07) is 6.41. The summed E-state index contributed by atoms with van der Waals surface area (Å²) in [5.74, 6) is 2.56. The Kier molecular flexibility index (Phi) is 6.49. The van der Waals surface area contributed by atoms with Crippen LogP contribution in [0.25, 0.3) is 0 Å². The SMILES string of the molecule is Cc1cc(OCCCCCS)ccc1C(C)C. The number of ether oxygens (including phenoxy) is 1. The first kappa shape index (κ1) is 14.4. The number of unbranched alkanes of at least 4 members (excludes halogenated alkanes) is 2. The fourth-order valence-corrected chi connectivity index (χ4v) is 2.19. The number of benzene rings is 1. The molecule has 0 N–H and O–H groups in total. The van der Waals surface area contributed by atoms with E-state index in [2.05, 4.69) is 51.6 Å². The zero-order valence-corrected chi connectivity index (χ0v) is 12.1. The Hall–Kier alpha value is -0.630. The van der Waals surface area contributed by atoms with Crippen molar-refractivity contribution in [3.8, 4) is 5.75 Å². The molecule has 0 aliphatic carbocycles. The van der Waals surface area contributed by atoms with Crippen LogP contribution in [0.5, 0.6) is 5.75 Å². The molecule has 1 aromatic carbocycles. The average molecular weight is 252 g/mol. The molecule has 0 aliphatic heterocycles. The Bertz CT molecular complexity index is 334. The van der Waals surface area contributed by atoms with Gasteiger partial charge < -0.3 is 4.74 Å². The van der Waals surface area contributed by atoms with Gasteiger partial charge in [-0.2, -0.15) is 12.6 Å². The molecule has 2 heteroatoms. The lowest BCUT2D eigenvalue weighted by Crippen LogP contribution is -1.99. The topological polar surface area (TPSA) is 9.23 Å². The van der Waals surface area contributed by atoms with E-state index in [0.29, 0.717) is 5.92 Å². The maximum absolute atomic E-state index is 5.74. The highest BCUT2D eigenvalue weighted by atomic mass is 32.1. The Morgan fingerprint density at radius 1 is 1.18 bits per heavy atom. The van der Waals surface area contributed by atoms with Gasteiger partial charge >= 0.3 is 0 Å². The van der Waals surface area contributed by atoms with E-state index in [-0.39, 0.29) is 0 Å². The lowest BCUT2D eigenvalue weighted by atomic mass is 9.98. The molecule has 1 aromatic rings. The Morgan fingerprint density at radius 3 is 2.53 bits per heavy atom. The van der Waals surface area contributed by atoms with Crippen molar-refractivity contribution in [2.75, 3.05) is 12.4 Å². The number of hydrogen-bond acceptors (Lipinski definition) is 2. The molecule has 0 aliphatic rings. The van der Waals surface area contributed by atoms with Crippen molar-refractivity contribution in [2.24, 2.45) is 0 Å². The van der Waals surface area contributed by atoms with E-state index in [0.717, 1.165) is 24.5 Å². The monoisotopic (exact) mass is 252 g/mol. The quantitative estimate of drug-likeness (QED) is 0.551. The van der Waals surface area contributed by atoms with Crippen molar-refractivity contribution >= 4 is 12.6 Å². The van der Waals surface area contributed by atoms with Crippen LogP contribution in [0.15, 0.2) is 18.2 Å². The van der Waals surface area contributed by atoms with Crippen LogP contribution in [0, 0.1) is 6.92 Å². The second-order valence-corrected chi connectivity index (χ2v) is 5.25. The van der Waals surface area contributed by atoms with Gasteiger partial charge in [0.15, 0.2) is 0 Å². The minimum atomic E-state index is 0.583. The first-order valence-corrected chi connectivity index (χ1v) is 7.12. The Labute approximate surface area is 111 Å². The molecule has 0 bridgehead atoms.